The van der Waals surface area contributed by atoms with E-state index in [9.17, 15) is 4.79 Å². The van der Waals surface area contributed by atoms with Gasteiger partial charge in [-0.2, -0.15) is 0 Å². The SMILES string of the molecule is CC(C)C(CNC(=O)NCCSc1ccccc1)N1CCOCC1. The van der Waals surface area contributed by atoms with E-state index in [4.69, 9.17) is 4.74 Å². The Bertz CT molecular complexity index is 478. The second-order valence-corrected chi connectivity index (χ2v) is 7.43. The molecule has 6 heteroatoms. The van der Waals surface area contributed by atoms with Gasteiger partial charge in [0.25, 0.3) is 0 Å². The molecule has 1 fully saturated rings. The number of benzene rings is 1. The number of carbonyl (C=O) groups excluding carboxylic acids is 1. The lowest BCUT2D eigenvalue weighted by Crippen LogP contribution is -2.52. The molecule has 1 atom stereocenters. The van der Waals surface area contributed by atoms with Crippen molar-refractivity contribution in [2.45, 2.75) is 24.8 Å². The number of rotatable bonds is 8. The normalized spacial score (nSPS) is 16.8. The molecule has 1 heterocycles. The molecule has 0 bridgehead atoms. The van der Waals surface area contributed by atoms with Crippen LogP contribution in [-0.2, 0) is 4.74 Å². The van der Waals surface area contributed by atoms with Crippen molar-refractivity contribution >= 4 is 17.8 Å². The molecule has 134 valence electrons. The molecule has 5 nitrogen and oxygen atoms in total. The van der Waals surface area contributed by atoms with Gasteiger partial charge < -0.3 is 15.4 Å². The first-order valence-electron chi connectivity index (χ1n) is 8.68. The molecular weight excluding hydrogens is 322 g/mol. The molecule has 0 saturated carbocycles. The number of urea groups is 1. The molecule has 0 aliphatic carbocycles. The topological polar surface area (TPSA) is 53.6 Å². The lowest BCUT2D eigenvalue weighted by Gasteiger charge is -2.36. The maximum Gasteiger partial charge on any atom is 0.314 e. The van der Waals surface area contributed by atoms with Gasteiger partial charge in [0.2, 0.25) is 0 Å². The Hall–Kier alpha value is -1.24. The molecule has 0 aromatic heterocycles. The highest BCUT2D eigenvalue weighted by Gasteiger charge is 2.24. The smallest absolute Gasteiger partial charge is 0.314 e. The second-order valence-electron chi connectivity index (χ2n) is 6.26. The van der Waals surface area contributed by atoms with Gasteiger partial charge in [-0.05, 0) is 18.1 Å². The predicted octanol–water partition coefficient (Wildman–Crippen LogP) is 2.43. The minimum Gasteiger partial charge on any atom is -0.379 e. The Labute approximate surface area is 149 Å². The summed E-state index contributed by atoms with van der Waals surface area (Å²) in [6, 6.07) is 10.5. The Morgan fingerprint density at radius 3 is 2.58 bits per heavy atom. The summed E-state index contributed by atoms with van der Waals surface area (Å²) in [5.41, 5.74) is 0. The summed E-state index contributed by atoms with van der Waals surface area (Å²) in [5.74, 6) is 1.37. The number of nitrogens with zero attached hydrogens (tertiary/aromatic N) is 1. The van der Waals surface area contributed by atoms with Gasteiger partial charge in [0.1, 0.15) is 0 Å². The molecule has 0 radical (unpaired) electrons. The summed E-state index contributed by atoms with van der Waals surface area (Å²) in [5, 5.41) is 5.95. The number of ether oxygens (including phenoxy) is 1. The fraction of sp³-hybridized carbons (Fsp3) is 0.611. The highest BCUT2D eigenvalue weighted by Crippen LogP contribution is 2.15. The van der Waals surface area contributed by atoms with E-state index in [0.717, 1.165) is 32.1 Å². The van der Waals surface area contributed by atoms with Crippen molar-refractivity contribution in [2.75, 3.05) is 45.1 Å². The van der Waals surface area contributed by atoms with E-state index in [-0.39, 0.29) is 6.03 Å². The molecular formula is C18H29N3O2S. The van der Waals surface area contributed by atoms with Gasteiger partial charge in [-0.3, -0.25) is 4.90 Å². The summed E-state index contributed by atoms with van der Waals surface area (Å²) >= 11 is 1.75. The number of hydrogen-bond donors (Lipinski definition) is 2. The molecule has 24 heavy (non-hydrogen) atoms. The van der Waals surface area contributed by atoms with Crippen LogP contribution in [0.1, 0.15) is 13.8 Å². The van der Waals surface area contributed by atoms with Gasteiger partial charge in [-0.15, -0.1) is 11.8 Å². The van der Waals surface area contributed by atoms with Crippen LogP contribution in [0.15, 0.2) is 35.2 Å². The van der Waals surface area contributed by atoms with Gasteiger partial charge in [0, 0.05) is 42.9 Å². The number of hydrogen-bond acceptors (Lipinski definition) is 4. The zero-order chi connectivity index (χ0) is 17.2. The molecule has 1 aromatic rings. The number of amides is 2. The van der Waals surface area contributed by atoms with Crippen LogP contribution in [0.3, 0.4) is 0 Å². The lowest BCUT2D eigenvalue weighted by molar-refractivity contribution is 0.00720. The maximum atomic E-state index is 12.0. The third-order valence-corrected chi connectivity index (χ3v) is 5.17. The van der Waals surface area contributed by atoms with Crippen LogP contribution in [0.4, 0.5) is 4.79 Å². The summed E-state index contributed by atoms with van der Waals surface area (Å²) in [7, 11) is 0. The van der Waals surface area contributed by atoms with E-state index >= 15 is 0 Å². The highest BCUT2D eigenvalue weighted by atomic mass is 32.2. The van der Waals surface area contributed by atoms with Crippen molar-refractivity contribution in [1.82, 2.24) is 15.5 Å². The summed E-state index contributed by atoms with van der Waals surface area (Å²) in [6.45, 7) is 9.20. The van der Waals surface area contributed by atoms with Crippen molar-refractivity contribution in [1.29, 1.82) is 0 Å². The van der Waals surface area contributed by atoms with Crippen LogP contribution in [0.25, 0.3) is 0 Å². The Kier molecular flexibility index (Phi) is 8.42. The summed E-state index contributed by atoms with van der Waals surface area (Å²) < 4.78 is 5.41. The van der Waals surface area contributed by atoms with Crippen molar-refractivity contribution in [3.8, 4) is 0 Å². The van der Waals surface area contributed by atoms with Crippen molar-refractivity contribution < 1.29 is 9.53 Å². The zero-order valence-electron chi connectivity index (χ0n) is 14.7. The Morgan fingerprint density at radius 2 is 1.92 bits per heavy atom. The Morgan fingerprint density at radius 1 is 1.21 bits per heavy atom. The average molecular weight is 352 g/mol. The quantitative estimate of drug-likeness (QED) is 0.558. The molecule has 2 amide bonds. The molecule has 1 aromatic carbocycles. The highest BCUT2D eigenvalue weighted by molar-refractivity contribution is 7.99. The van der Waals surface area contributed by atoms with Gasteiger partial charge in [0.05, 0.1) is 13.2 Å². The second kappa shape index (κ2) is 10.6. The van der Waals surface area contributed by atoms with Crippen molar-refractivity contribution in [3.05, 3.63) is 30.3 Å². The Balaban J connectivity index is 1.63. The predicted molar refractivity (Wildman–Crippen MR) is 99.6 cm³/mol. The van der Waals surface area contributed by atoms with E-state index in [1.165, 1.54) is 4.90 Å². The fourth-order valence-electron chi connectivity index (χ4n) is 2.81. The number of carbonyl (C=O) groups is 1. The standard InChI is InChI=1S/C18H29N3O2S/c1-15(2)17(21-9-11-23-12-10-21)14-20-18(22)19-8-13-24-16-6-4-3-5-7-16/h3-7,15,17H,8-14H2,1-2H3,(H2,19,20,22). The minimum absolute atomic E-state index is 0.0810. The summed E-state index contributed by atoms with van der Waals surface area (Å²) in [4.78, 5) is 15.6. The van der Waals surface area contributed by atoms with Crippen LogP contribution in [-0.4, -0.2) is 62.1 Å². The third-order valence-electron chi connectivity index (χ3n) is 4.16. The zero-order valence-corrected chi connectivity index (χ0v) is 15.5. The average Bonchev–Trinajstić information content (AvgIpc) is 2.60. The monoisotopic (exact) mass is 351 g/mol. The first kappa shape index (κ1) is 19.1. The van der Waals surface area contributed by atoms with Crippen molar-refractivity contribution in [2.24, 2.45) is 5.92 Å². The van der Waals surface area contributed by atoms with Crippen LogP contribution in [0.5, 0.6) is 0 Å². The fourth-order valence-corrected chi connectivity index (χ4v) is 3.59. The molecule has 0 spiro atoms. The first-order valence-corrected chi connectivity index (χ1v) is 9.66. The van der Waals surface area contributed by atoms with Gasteiger partial charge in [-0.1, -0.05) is 32.0 Å². The molecule has 1 aliphatic heterocycles. The van der Waals surface area contributed by atoms with Crippen molar-refractivity contribution in [3.63, 3.8) is 0 Å². The molecule has 2 N–H and O–H groups in total. The van der Waals surface area contributed by atoms with Crippen LogP contribution in [0, 0.1) is 5.92 Å². The molecule has 1 unspecified atom stereocenters. The van der Waals surface area contributed by atoms with Gasteiger partial charge in [-0.25, -0.2) is 4.79 Å². The third kappa shape index (κ3) is 6.71. The lowest BCUT2D eigenvalue weighted by atomic mass is 10.0. The van der Waals surface area contributed by atoms with E-state index in [2.05, 4.69) is 41.5 Å². The van der Waals surface area contributed by atoms with Crippen LogP contribution < -0.4 is 10.6 Å². The van der Waals surface area contributed by atoms with E-state index < -0.39 is 0 Å². The van der Waals surface area contributed by atoms with E-state index in [1.54, 1.807) is 11.8 Å². The van der Waals surface area contributed by atoms with Gasteiger partial charge in [0.15, 0.2) is 0 Å². The van der Waals surface area contributed by atoms with Gasteiger partial charge >= 0.3 is 6.03 Å². The largest absolute Gasteiger partial charge is 0.379 e. The number of morpholine rings is 1. The number of thioether (sulfide) groups is 1. The van der Waals surface area contributed by atoms with E-state index in [0.29, 0.717) is 25.0 Å². The van der Waals surface area contributed by atoms with Crippen LogP contribution >= 0.6 is 11.8 Å². The minimum atomic E-state index is -0.0810. The maximum absolute atomic E-state index is 12.0. The summed E-state index contributed by atoms with van der Waals surface area (Å²) in [6.07, 6.45) is 0. The molecule has 1 aliphatic rings. The van der Waals surface area contributed by atoms with Crippen LogP contribution in [0.2, 0.25) is 0 Å². The first-order chi connectivity index (χ1) is 11.7. The number of nitrogens with one attached hydrogen (secondary N) is 2. The van der Waals surface area contributed by atoms with E-state index in [1.807, 2.05) is 18.2 Å². The molecule has 1 saturated heterocycles. The molecule has 2 rings (SSSR count).